The van der Waals surface area contributed by atoms with Crippen LogP contribution in [0.2, 0.25) is 0 Å². The molecule has 12 rings (SSSR count). The average Bonchev–Trinajstić information content (AvgIpc) is 4.26. The zero-order valence-corrected chi connectivity index (χ0v) is 42.0. The van der Waals surface area contributed by atoms with Gasteiger partial charge >= 0.3 is 0 Å². The summed E-state index contributed by atoms with van der Waals surface area (Å²) in [5.41, 5.74) is 2.67. The molecule has 0 spiro atoms. The Morgan fingerprint density at radius 3 is 1.20 bits per heavy atom. The van der Waals surface area contributed by atoms with Gasteiger partial charge in [-0.3, -0.25) is 9.59 Å². The van der Waals surface area contributed by atoms with Crippen LogP contribution in [0.1, 0.15) is 89.9 Å². The summed E-state index contributed by atoms with van der Waals surface area (Å²) in [6.45, 7) is 3.15. The van der Waals surface area contributed by atoms with Crippen molar-refractivity contribution >= 4 is 74.8 Å². The maximum Gasteiger partial charge on any atom is 0.236 e. The number of nitrogens with one attached hydrogen (secondary N) is 3. The SMILES string of the molecule is CN(c1ncnc2[nH]ccc12)C1C[C@@H]2CCN(C(=O)CC#N)C[C@@H]2C1.CN(c1ncnc2[nH]ccc12)C1C[C@@H]2CCN(C(=O)CC#N)C[C@@H]2C1.CN(c1ncnc2[nH]ccc12)C1C[C@H]2CCCC[C@H]2C1.Cl. The number of hydrogen-bond donors (Lipinski definition) is 3. The molecule has 71 heavy (non-hydrogen) atoms. The number of nitrogens with zero attached hydrogens (tertiary/aromatic N) is 13. The number of nitriles is 2. The minimum atomic E-state index is -0.0254. The first-order chi connectivity index (χ1) is 34.2. The molecule has 0 radical (unpaired) electrons. The van der Waals surface area contributed by atoms with Crippen LogP contribution in [-0.2, 0) is 9.59 Å². The lowest BCUT2D eigenvalue weighted by molar-refractivity contribution is -0.133. The van der Waals surface area contributed by atoms with Crippen LogP contribution in [0, 0.1) is 58.2 Å². The molecule has 0 aromatic carbocycles. The fraction of sp³-hybridized carbons (Fsp3) is 0.577. The van der Waals surface area contributed by atoms with Gasteiger partial charge in [0.15, 0.2) is 0 Å². The van der Waals surface area contributed by atoms with Crippen molar-refractivity contribution in [2.75, 3.05) is 62.0 Å². The van der Waals surface area contributed by atoms with Crippen molar-refractivity contribution in [1.29, 1.82) is 10.5 Å². The summed E-state index contributed by atoms with van der Waals surface area (Å²) >= 11 is 0. The van der Waals surface area contributed by atoms with Crippen molar-refractivity contribution < 1.29 is 9.59 Å². The molecule has 19 heteroatoms. The highest BCUT2D eigenvalue weighted by atomic mass is 35.5. The van der Waals surface area contributed by atoms with Gasteiger partial charge in [0.2, 0.25) is 11.8 Å². The first kappa shape index (κ1) is 49.5. The van der Waals surface area contributed by atoms with E-state index in [2.05, 4.69) is 86.8 Å². The molecule has 6 aromatic rings. The minimum absolute atomic E-state index is 0. The fourth-order valence-electron chi connectivity index (χ4n) is 13.3. The zero-order chi connectivity index (χ0) is 48.3. The number of amides is 2. The molecule has 6 aromatic heterocycles. The summed E-state index contributed by atoms with van der Waals surface area (Å²) in [4.78, 5) is 70.5. The lowest BCUT2D eigenvalue weighted by atomic mass is 9.82. The van der Waals surface area contributed by atoms with E-state index in [0.29, 0.717) is 41.8 Å². The van der Waals surface area contributed by atoms with Crippen LogP contribution >= 0.6 is 12.4 Å². The highest BCUT2D eigenvalue weighted by Gasteiger charge is 2.43. The van der Waals surface area contributed by atoms with E-state index in [4.69, 9.17) is 10.5 Å². The number of hydrogen-bond acceptors (Lipinski definition) is 13. The van der Waals surface area contributed by atoms with Gasteiger partial charge in [-0.05, 0) is 105 Å². The van der Waals surface area contributed by atoms with Crippen molar-refractivity contribution in [2.45, 2.75) is 108 Å². The summed E-state index contributed by atoms with van der Waals surface area (Å²) in [5.74, 6) is 7.23. The largest absolute Gasteiger partial charge is 0.356 e. The molecule has 4 saturated carbocycles. The Morgan fingerprint density at radius 1 is 0.535 bits per heavy atom. The van der Waals surface area contributed by atoms with Crippen LogP contribution in [0.5, 0.6) is 0 Å². The summed E-state index contributed by atoms with van der Waals surface area (Å²) in [5, 5.41) is 20.7. The van der Waals surface area contributed by atoms with Gasteiger partial charge < -0.3 is 39.5 Å². The molecule has 2 aliphatic heterocycles. The number of piperidine rings is 2. The van der Waals surface area contributed by atoms with Crippen LogP contribution in [0.3, 0.4) is 0 Å². The standard InChI is InChI=1S/2C18H22N6O.C16H22N4.ClH/c2*1-23(18-15-3-6-20-17(15)21-11-22-18)14-8-12-4-7-24(10-13(12)9-14)16(25)2-5-19;1-20(13-8-11-4-2-3-5-12(11)9-13)16-14-6-7-17-15(14)18-10-19-16;/h2*3,6,11-14H,2,4,7-10H2,1H3,(H,20,21,22);6-7,10-13H,2-5,8-9H2,1H3,(H,17,18,19);1H/t2*12-,13-,14?;11-,12+,13?;/m00../s1. The zero-order valence-electron chi connectivity index (χ0n) is 41.2. The Bertz CT molecular complexity index is 2720. The number of carbonyl (C=O) groups excluding carboxylic acids is 2. The molecule has 3 N–H and O–H groups in total. The van der Waals surface area contributed by atoms with Gasteiger partial charge in [0.1, 0.15) is 66.2 Å². The third-order valence-electron chi connectivity index (χ3n) is 17.1. The Labute approximate surface area is 421 Å². The molecule has 374 valence electrons. The Morgan fingerprint density at radius 2 is 0.859 bits per heavy atom. The first-order valence-electron chi connectivity index (χ1n) is 25.5. The lowest BCUT2D eigenvalue weighted by Gasteiger charge is -2.34. The Hall–Kier alpha value is -6.53. The van der Waals surface area contributed by atoms with Gasteiger partial charge in [-0.15, -0.1) is 12.4 Å². The monoisotopic (exact) mass is 983 g/mol. The topological polar surface area (TPSA) is 223 Å². The minimum Gasteiger partial charge on any atom is -0.356 e. The van der Waals surface area contributed by atoms with Gasteiger partial charge in [0.05, 0.1) is 28.3 Å². The average molecular weight is 984 g/mol. The molecular weight excluding hydrogens is 916 g/mol. The van der Waals surface area contributed by atoms with Gasteiger partial charge in [-0.2, -0.15) is 10.5 Å². The first-order valence-corrected chi connectivity index (χ1v) is 25.5. The Kier molecular flexibility index (Phi) is 15.2. The van der Waals surface area contributed by atoms with Gasteiger partial charge in [-0.25, -0.2) is 29.9 Å². The second-order valence-corrected chi connectivity index (χ2v) is 20.8. The van der Waals surface area contributed by atoms with Gasteiger partial charge in [-0.1, -0.05) is 25.7 Å². The number of H-pyrrole nitrogens is 3. The molecule has 2 saturated heterocycles. The second-order valence-electron chi connectivity index (χ2n) is 20.8. The van der Waals surface area contributed by atoms with Crippen LogP contribution in [-0.4, -0.2) is 132 Å². The third-order valence-corrected chi connectivity index (χ3v) is 17.1. The molecular formula is C52H67ClN16O2. The number of anilines is 3. The second kappa shape index (κ2) is 21.9. The molecule has 8 heterocycles. The highest BCUT2D eigenvalue weighted by molar-refractivity contribution is 5.89. The fourth-order valence-corrected chi connectivity index (χ4v) is 13.3. The number of aromatic nitrogens is 9. The van der Waals surface area contributed by atoms with E-state index >= 15 is 0 Å². The van der Waals surface area contributed by atoms with Crippen LogP contribution < -0.4 is 14.7 Å². The van der Waals surface area contributed by atoms with Crippen molar-refractivity contribution in [3.8, 4) is 12.1 Å². The molecule has 4 aliphatic carbocycles. The maximum atomic E-state index is 12.0. The number of fused-ring (bicyclic) bond motifs is 6. The summed E-state index contributed by atoms with van der Waals surface area (Å²) in [6, 6.07) is 11.6. The number of carbonyl (C=O) groups is 2. The van der Waals surface area contributed by atoms with Crippen molar-refractivity contribution in [3.63, 3.8) is 0 Å². The molecule has 6 aliphatic rings. The number of aromatic amines is 3. The molecule has 18 nitrogen and oxygen atoms in total. The predicted octanol–water partition coefficient (Wildman–Crippen LogP) is 7.65. The predicted molar refractivity (Wildman–Crippen MR) is 275 cm³/mol. The highest BCUT2D eigenvalue weighted by Crippen LogP contribution is 2.46. The maximum absolute atomic E-state index is 12.0. The van der Waals surface area contributed by atoms with Crippen molar-refractivity contribution in [3.05, 3.63) is 55.8 Å². The van der Waals surface area contributed by atoms with E-state index < -0.39 is 0 Å². The number of rotatable bonds is 8. The molecule has 9 atom stereocenters. The van der Waals surface area contributed by atoms with Crippen LogP contribution in [0.4, 0.5) is 17.5 Å². The van der Waals surface area contributed by atoms with Crippen molar-refractivity contribution in [1.82, 2.24) is 54.7 Å². The van der Waals surface area contributed by atoms with Gasteiger partial charge in [0.25, 0.3) is 0 Å². The van der Waals surface area contributed by atoms with Crippen LogP contribution in [0.25, 0.3) is 33.1 Å². The summed E-state index contributed by atoms with van der Waals surface area (Å²) < 4.78 is 0. The third kappa shape index (κ3) is 10.3. The molecule has 0 bridgehead atoms. The van der Waals surface area contributed by atoms with Gasteiger partial charge in [0, 0.05) is 84.0 Å². The lowest BCUT2D eigenvalue weighted by Crippen LogP contribution is -2.42. The van der Waals surface area contributed by atoms with E-state index in [1.807, 2.05) is 52.7 Å². The smallest absolute Gasteiger partial charge is 0.236 e. The van der Waals surface area contributed by atoms with E-state index in [0.717, 1.165) is 127 Å². The number of halogens is 1. The van der Waals surface area contributed by atoms with E-state index in [1.54, 1.807) is 19.0 Å². The number of likely N-dealkylation sites (tertiary alicyclic amines) is 2. The normalized spacial score (nSPS) is 26.4. The quantitative estimate of drug-likeness (QED) is 0.133. The molecule has 3 unspecified atom stereocenters. The van der Waals surface area contributed by atoms with Crippen molar-refractivity contribution in [2.24, 2.45) is 35.5 Å². The van der Waals surface area contributed by atoms with E-state index in [9.17, 15) is 9.59 Å². The molecule has 6 fully saturated rings. The van der Waals surface area contributed by atoms with E-state index in [1.165, 1.54) is 38.5 Å². The molecule has 2 amide bonds. The van der Waals surface area contributed by atoms with E-state index in [-0.39, 0.29) is 37.1 Å². The Balaban J connectivity index is 0.000000132. The van der Waals surface area contributed by atoms with Crippen LogP contribution in [0.15, 0.2) is 55.8 Å². The summed E-state index contributed by atoms with van der Waals surface area (Å²) in [6.07, 6.45) is 25.5. The summed E-state index contributed by atoms with van der Waals surface area (Å²) in [7, 11) is 6.42.